The zero-order valence-corrected chi connectivity index (χ0v) is 30.1. The second-order valence-corrected chi connectivity index (χ2v) is 14.7. The van der Waals surface area contributed by atoms with Crippen molar-refractivity contribution in [1.82, 2.24) is 34.4 Å². The molecular weight excluding hydrogens is 684 g/mol. The number of benzene rings is 1. The number of halogens is 2. The number of aromatic nitrogens is 6. The Morgan fingerprint density at radius 1 is 0.943 bits per heavy atom. The summed E-state index contributed by atoms with van der Waals surface area (Å²) in [6, 6.07) is 3.74. The van der Waals surface area contributed by atoms with Gasteiger partial charge in [-0.05, 0) is 74.6 Å². The number of carbonyl (C=O) groups excluding carboxylic acids is 1. The molecule has 0 bridgehead atoms. The first-order valence-electron chi connectivity index (χ1n) is 18.7. The average Bonchev–Trinajstić information content (AvgIpc) is 3.78. The zero-order chi connectivity index (χ0) is 36.8. The van der Waals surface area contributed by atoms with E-state index in [9.17, 15) is 18.4 Å². The number of carboxylic acid groups (broad SMARTS) is 1. The largest absolute Gasteiger partial charge is 0.478 e. The summed E-state index contributed by atoms with van der Waals surface area (Å²) >= 11 is 0. The number of rotatable bonds is 8. The highest BCUT2D eigenvalue weighted by Crippen LogP contribution is 2.44. The van der Waals surface area contributed by atoms with Gasteiger partial charge >= 0.3 is 5.97 Å². The summed E-state index contributed by atoms with van der Waals surface area (Å²) < 4.78 is 39.7. The molecule has 1 aromatic carbocycles. The van der Waals surface area contributed by atoms with Gasteiger partial charge in [0, 0.05) is 93.2 Å². The van der Waals surface area contributed by atoms with Crippen LogP contribution in [-0.2, 0) is 36.0 Å². The fourth-order valence-electron chi connectivity index (χ4n) is 8.56. The molecule has 1 saturated carbocycles. The van der Waals surface area contributed by atoms with Gasteiger partial charge in [0.05, 0.1) is 36.6 Å². The van der Waals surface area contributed by atoms with E-state index in [0.29, 0.717) is 43.1 Å². The zero-order valence-electron chi connectivity index (χ0n) is 30.1. The van der Waals surface area contributed by atoms with E-state index in [1.807, 2.05) is 11.0 Å². The van der Waals surface area contributed by atoms with E-state index in [1.54, 1.807) is 37.1 Å². The Morgan fingerprint density at radius 3 is 2.34 bits per heavy atom. The van der Waals surface area contributed by atoms with Gasteiger partial charge < -0.3 is 24.5 Å². The van der Waals surface area contributed by atoms with Gasteiger partial charge in [-0.2, -0.15) is 10.2 Å². The summed E-state index contributed by atoms with van der Waals surface area (Å²) in [6.07, 6.45) is 11.4. The van der Waals surface area contributed by atoms with Crippen LogP contribution in [0.2, 0.25) is 0 Å². The third-order valence-corrected chi connectivity index (χ3v) is 11.4. The van der Waals surface area contributed by atoms with Crippen molar-refractivity contribution in [2.24, 2.45) is 7.05 Å². The highest BCUT2D eigenvalue weighted by atomic mass is 19.3. The molecule has 6 heterocycles. The molecule has 1 saturated heterocycles. The Kier molecular flexibility index (Phi) is 9.60. The van der Waals surface area contributed by atoms with Crippen LogP contribution in [0.25, 0.3) is 11.1 Å². The van der Waals surface area contributed by atoms with Crippen LogP contribution in [0.3, 0.4) is 0 Å². The number of ether oxygens (including phenoxy) is 1. The Labute approximate surface area is 306 Å². The minimum absolute atomic E-state index is 0.0154. The first-order valence-corrected chi connectivity index (χ1v) is 18.7. The molecule has 1 N–H and O–H groups in total. The van der Waals surface area contributed by atoms with Crippen LogP contribution >= 0.6 is 0 Å². The first-order chi connectivity index (χ1) is 25.6. The molecule has 4 aromatic rings. The second kappa shape index (κ2) is 14.5. The third kappa shape index (κ3) is 6.98. The number of amides is 1. The second-order valence-electron chi connectivity index (χ2n) is 14.7. The fraction of sp³-hybridized carbons (Fsp3) is 0.526. The summed E-state index contributed by atoms with van der Waals surface area (Å²) in [4.78, 5) is 38.3. The van der Waals surface area contributed by atoms with Crippen LogP contribution in [0.5, 0.6) is 0 Å². The Balaban J connectivity index is 0.989. The number of fused-ring (bicyclic) bond motifs is 2. The molecular formula is C38H45F2N9O4. The van der Waals surface area contributed by atoms with Gasteiger partial charge in [0.15, 0.2) is 5.82 Å². The number of carbonyl (C=O) groups is 2. The minimum Gasteiger partial charge on any atom is -0.478 e. The molecule has 13 nitrogen and oxygen atoms in total. The predicted molar refractivity (Wildman–Crippen MR) is 193 cm³/mol. The van der Waals surface area contributed by atoms with Gasteiger partial charge in [-0.1, -0.05) is 0 Å². The number of hydrogen-bond acceptors (Lipinski definition) is 9. The molecule has 15 heteroatoms. The van der Waals surface area contributed by atoms with Crippen molar-refractivity contribution in [2.45, 2.75) is 95.9 Å². The Hall–Kier alpha value is -4.92. The molecule has 0 atom stereocenters. The van der Waals surface area contributed by atoms with Crippen LogP contribution in [-0.4, -0.2) is 89.8 Å². The van der Waals surface area contributed by atoms with Gasteiger partial charge in [0.2, 0.25) is 11.9 Å². The fourth-order valence-corrected chi connectivity index (χ4v) is 8.56. The maximum absolute atomic E-state index is 14.6. The molecule has 0 radical (unpaired) electrons. The summed E-state index contributed by atoms with van der Waals surface area (Å²) in [5.74, 6) is 0.286. The standard InChI is InChI=1S/C38H45F2N9O4/c1-23(50)47-15-11-33-32(22-47)36(48-12-3-4-24-16-30(26-20-43-45(2)21-26)31(35(39)40)17-34(24)48)44-49(33)27-5-7-28(8-6-27)53-29-9-13-46(14-10-29)38-41-18-25(19-42-38)37(51)52/h16-21,27-29,35H,3-15,22H2,1-2H3,(H,51,52). The van der Waals surface area contributed by atoms with Crippen LogP contribution in [0.1, 0.15) is 97.1 Å². The van der Waals surface area contributed by atoms with Crippen molar-refractivity contribution in [2.75, 3.05) is 36.0 Å². The maximum atomic E-state index is 14.6. The first kappa shape index (κ1) is 35.1. The van der Waals surface area contributed by atoms with E-state index < -0.39 is 12.4 Å². The monoisotopic (exact) mass is 729 g/mol. The SMILES string of the molecule is CC(=O)N1CCc2c(c(N3CCCc4cc(-c5cnn(C)c5)c(C(F)F)cc43)nn2C2CCC(OC3CCN(c4ncc(C(=O)O)cn4)CC3)CC2)C1. The quantitative estimate of drug-likeness (QED) is 0.235. The molecule has 2 fully saturated rings. The molecule has 1 amide bonds. The third-order valence-electron chi connectivity index (χ3n) is 11.4. The topological polar surface area (TPSA) is 135 Å². The van der Waals surface area contributed by atoms with Crippen molar-refractivity contribution in [1.29, 1.82) is 0 Å². The minimum atomic E-state index is -2.66. The maximum Gasteiger partial charge on any atom is 0.338 e. The van der Waals surface area contributed by atoms with E-state index in [0.717, 1.165) is 92.8 Å². The number of piperidine rings is 1. The van der Waals surface area contributed by atoms with Gasteiger partial charge in [-0.25, -0.2) is 23.5 Å². The lowest BCUT2D eigenvalue weighted by atomic mass is 9.92. The number of alkyl halides is 2. The number of carboxylic acids is 1. The normalized spacial score (nSPS) is 20.8. The Morgan fingerprint density at radius 2 is 1.68 bits per heavy atom. The van der Waals surface area contributed by atoms with Gasteiger partial charge in [0.25, 0.3) is 6.43 Å². The molecule has 8 rings (SSSR count). The number of nitrogens with zero attached hydrogens (tertiary/aromatic N) is 9. The van der Waals surface area contributed by atoms with Crippen molar-refractivity contribution >= 4 is 29.3 Å². The molecule has 4 aliphatic rings. The molecule has 0 spiro atoms. The molecule has 3 aliphatic heterocycles. The highest BCUT2D eigenvalue weighted by Gasteiger charge is 2.36. The van der Waals surface area contributed by atoms with Crippen molar-refractivity contribution in [3.05, 3.63) is 64.9 Å². The van der Waals surface area contributed by atoms with Gasteiger partial charge in [0.1, 0.15) is 0 Å². The number of anilines is 3. The lowest BCUT2D eigenvalue weighted by Gasteiger charge is -2.36. The van der Waals surface area contributed by atoms with Crippen molar-refractivity contribution < 1.29 is 28.2 Å². The highest BCUT2D eigenvalue weighted by molar-refractivity contribution is 5.86. The number of aryl methyl sites for hydroxylation is 2. The number of aromatic carboxylic acids is 1. The number of hydrogen-bond donors (Lipinski definition) is 1. The van der Waals surface area contributed by atoms with E-state index in [1.165, 1.54) is 12.4 Å². The van der Waals surface area contributed by atoms with Crippen LogP contribution < -0.4 is 9.80 Å². The summed E-state index contributed by atoms with van der Waals surface area (Å²) in [7, 11) is 1.78. The molecule has 3 aromatic heterocycles. The lowest BCUT2D eigenvalue weighted by molar-refractivity contribution is -0.129. The molecule has 280 valence electrons. The smallest absolute Gasteiger partial charge is 0.338 e. The summed E-state index contributed by atoms with van der Waals surface area (Å²) in [6.45, 7) is 4.82. The Bertz CT molecular complexity index is 1980. The van der Waals surface area contributed by atoms with E-state index in [2.05, 4.69) is 29.5 Å². The average molecular weight is 730 g/mol. The predicted octanol–water partition coefficient (Wildman–Crippen LogP) is 5.87. The molecule has 0 unspecified atom stereocenters. The van der Waals surface area contributed by atoms with E-state index >= 15 is 0 Å². The van der Waals surface area contributed by atoms with Crippen molar-refractivity contribution in [3.8, 4) is 11.1 Å². The molecule has 53 heavy (non-hydrogen) atoms. The summed E-state index contributed by atoms with van der Waals surface area (Å²) in [5.41, 5.74) is 5.16. The van der Waals surface area contributed by atoms with Crippen molar-refractivity contribution in [3.63, 3.8) is 0 Å². The van der Waals surface area contributed by atoms with Gasteiger partial charge in [-0.3, -0.25) is 14.2 Å². The van der Waals surface area contributed by atoms with Crippen LogP contribution in [0, 0.1) is 0 Å². The van der Waals surface area contributed by atoms with E-state index in [4.69, 9.17) is 14.9 Å². The lowest BCUT2D eigenvalue weighted by Crippen LogP contribution is -2.40. The summed E-state index contributed by atoms with van der Waals surface area (Å²) in [5, 5.41) is 18.7. The van der Waals surface area contributed by atoms with Crippen LogP contribution in [0.4, 0.5) is 26.2 Å². The molecule has 1 aliphatic carbocycles. The van der Waals surface area contributed by atoms with E-state index in [-0.39, 0.29) is 35.3 Å². The van der Waals surface area contributed by atoms with Gasteiger partial charge in [-0.15, -0.1) is 0 Å². The van der Waals surface area contributed by atoms with Crippen LogP contribution in [0.15, 0.2) is 36.9 Å².